The molecular formula is C23H45NO2. The van der Waals surface area contributed by atoms with Crippen molar-refractivity contribution in [3.05, 3.63) is 12.2 Å². The number of carbonyl (C=O) groups excluding carboxylic acids is 1. The van der Waals surface area contributed by atoms with Gasteiger partial charge in [-0.1, -0.05) is 90.2 Å². The minimum Gasteiger partial charge on any atom is -0.396 e. The van der Waals surface area contributed by atoms with Crippen molar-refractivity contribution < 1.29 is 9.90 Å². The molecule has 0 aromatic carbocycles. The number of allylic oxidation sites excluding steroid dienone is 2. The van der Waals surface area contributed by atoms with Gasteiger partial charge in [-0.2, -0.15) is 0 Å². The number of aliphatic hydroxyl groups excluding tert-OH is 1. The van der Waals surface area contributed by atoms with Crippen molar-refractivity contribution in [1.82, 2.24) is 0 Å². The number of hydrogen-bond donors (Lipinski definition) is 2. The Balaban J connectivity index is 3.39. The van der Waals surface area contributed by atoms with Crippen LogP contribution in [0.3, 0.4) is 0 Å². The third-order valence-electron chi connectivity index (χ3n) is 5.37. The monoisotopic (exact) mass is 367 g/mol. The van der Waals surface area contributed by atoms with Crippen LogP contribution >= 0.6 is 0 Å². The van der Waals surface area contributed by atoms with E-state index in [1.807, 2.05) is 6.92 Å². The molecule has 2 unspecified atom stereocenters. The quantitative estimate of drug-likeness (QED) is 0.213. The number of aliphatic hydroxyl groups is 1. The van der Waals surface area contributed by atoms with Crippen LogP contribution in [0.5, 0.6) is 0 Å². The standard InChI is InChI=1S/C23H45NO2/c1-3-4-5-6-7-8-9-10-11-12-13-14-15-16-17-18-19-22(23(24)26)21(2)20-25/h13-14,21-22,25H,3-12,15-20H2,1-2H3,(H2,24,26). The highest BCUT2D eigenvalue weighted by atomic mass is 16.3. The molecule has 26 heavy (non-hydrogen) atoms. The zero-order valence-corrected chi connectivity index (χ0v) is 17.6. The second-order valence-corrected chi connectivity index (χ2v) is 7.90. The van der Waals surface area contributed by atoms with Crippen molar-refractivity contribution in [2.45, 2.75) is 110 Å². The molecule has 0 saturated carbocycles. The summed E-state index contributed by atoms with van der Waals surface area (Å²) in [5, 5.41) is 9.17. The lowest BCUT2D eigenvalue weighted by Gasteiger charge is -2.18. The second-order valence-electron chi connectivity index (χ2n) is 7.90. The topological polar surface area (TPSA) is 63.3 Å². The number of primary amides is 1. The van der Waals surface area contributed by atoms with Gasteiger partial charge in [0.15, 0.2) is 0 Å². The first-order valence-corrected chi connectivity index (χ1v) is 11.2. The number of amides is 1. The van der Waals surface area contributed by atoms with E-state index in [0.717, 1.165) is 25.7 Å². The van der Waals surface area contributed by atoms with Crippen molar-refractivity contribution in [2.24, 2.45) is 17.6 Å². The molecule has 3 heteroatoms. The van der Waals surface area contributed by atoms with Crippen LogP contribution in [-0.4, -0.2) is 17.6 Å². The smallest absolute Gasteiger partial charge is 0.220 e. The number of unbranched alkanes of at least 4 members (excludes halogenated alkanes) is 12. The van der Waals surface area contributed by atoms with E-state index in [1.165, 1.54) is 70.6 Å². The van der Waals surface area contributed by atoms with Crippen molar-refractivity contribution in [1.29, 1.82) is 0 Å². The average molecular weight is 368 g/mol. The molecule has 0 aromatic heterocycles. The molecule has 0 fully saturated rings. The van der Waals surface area contributed by atoms with E-state index in [-0.39, 0.29) is 24.3 Å². The Morgan fingerprint density at radius 2 is 1.31 bits per heavy atom. The van der Waals surface area contributed by atoms with Crippen LogP contribution < -0.4 is 5.73 Å². The van der Waals surface area contributed by atoms with E-state index in [9.17, 15) is 9.90 Å². The van der Waals surface area contributed by atoms with Crippen molar-refractivity contribution in [2.75, 3.05) is 6.61 Å². The first-order chi connectivity index (χ1) is 12.6. The van der Waals surface area contributed by atoms with E-state index < -0.39 is 0 Å². The molecule has 154 valence electrons. The van der Waals surface area contributed by atoms with Gasteiger partial charge >= 0.3 is 0 Å². The molecule has 0 aliphatic carbocycles. The molecule has 0 aliphatic heterocycles. The predicted octanol–water partition coefficient (Wildman–Crippen LogP) is 6.14. The number of carbonyl (C=O) groups is 1. The van der Waals surface area contributed by atoms with Crippen LogP contribution in [0.2, 0.25) is 0 Å². The van der Waals surface area contributed by atoms with Crippen LogP contribution in [0.25, 0.3) is 0 Å². The van der Waals surface area contributed by atoms with Crippen LogP contribution in [0.4, 0.5) is 0 Å². The number of hydrogen-bond acceptors (Lipinski definition) is 2. The summed E-state index contributed by atoms with van der Waals surface area (Å²) in [7, 11) is 0. The van der Waals surface area contributed by atoms with Gasteiger partial charge in [-0.15, -0.1) is 0 Å². The van der Waals surface area contributed by atoms with Crippen LogP contribution in [-0.2, 0) is 4.79 Å². The maximum absolute atomic E-state index is 11.4. The van der Waals surface area contributed by atoms with E-state index in [2.05, 4.69) is 19.1 Å². The maximum Gasteiger partial charge on any atom is 0.220 e. The fraction of sp³-hybridized carbons (Fsp3) is 0.870. The summed E-state index contributed by atoms with van der Waals surface area (Å²) < 4.78 is 0. The van der Waals surface area contributed by atoms with E-state index in [4.69, 9.17) is 5.73 Å². The Morgan fingerprint density at radius 1 is 0.846 bits per heavy atom. The molecule has 0 aliphatic rings. The van der Waals surface area contributed by atoms with Crippen LogP contribution in [0.15, 0.2) is 12.2 Å². The Hall–Kier alpha value is -0.830. The average Bonchev–Trinajstić information content (AvgIpc) is 2.63. The van der Waals surface area contributed by atoms with Crippen LogP contribution in [0, 0.1) is 11.8 Å². The molecule has 2 atom stereocenters. The van der Waals surface area contributed by atoms with Crippen molar-refractivity contribution in [3.63, 3.8) is 0 Å². The van der Waals surface area contributed by atoms with Crippen LogP contribution in [0.1, 0.15) is 110 Å². The highest BCUT2D eigenvalue weighted by Crippen LogP contribution is 2.19. The molecule has 0 rings (SSSR count). The molecular weight excluding hydrogens is 322 g/mol. The molecule has 0 aromatic rings. The molecule has 0 saturated heterocycles. The minimum atomic E-state index is -0.271. The van der Waals surface area contributed by atoms with E-state index >= 15 is 0 Å². The van der Waals surface area contributed by atoms with Crippen molar-refractivity contribution in [3.8, 4) is 0 Å². The SMILES string of the molecule is CCCCCCCCCCCC=CCCCCCC(C(N)=O)C(C)CO. The number of nitrogens with two attached hydrogens (primary N) is 1. The van der Waals surface area contributed by atoms with Gasteiger partial charge in [0, 0.05) is 12.5 Å². The Bertz CT molecular complexity index is 341. The largest absolute Gasteiger partial charge is 0.396 e. The van der Waals surface area contributed by atoms with Gasteiger partial charge in [-0.05, 0) is 38.0 Å². The zero-order valence-electron chi connectivity index (χ0n) is 17.6. The maximum atomic E-state index is 11.4. The molecule has 0 spiro atoms. The highest BCUT2D eigenvalue weighted by molar-refractivity contribution is 5.76. The van der Waals surface area contributed by atoms with Gasteiger partial charge in [0.2, 0.25) is 5.91 Å². The Kier molecular flexibility index (Phi) is 18.3. The van der Waals surface area contributed by atoms with Gasteiger partial charge in [0.05, 0.1) is 0 Å². The van der Waals surface area contributed by atoms with Crippen molar-refractivity contribution >= 4 is 5.91 Å². The minimum absolute atomic E-state index is 0.0243. The molecule has 0 heterocycles. The highest BCUT2D eigenvalue weighted by Gasteiger charge is 2.21. The summed E-state index contributed by atoms with van der Waals surface area (Å²) in [6.07, 6.45) is 23.6. The number of rotatable bonds is 19. The Morgan fingerprint density at radius 3 is 1.77 bits per heavy atom. The van der Waals surface area contributed by atoms with Gasteiger partial charge in [-0.3, -0.25) is 4.79 Å². The summed E-state index contributed by atoms with van der Waals surface area (Å²) in [6, 6.07) is 0. The first kappa shape index (κ1) is 25.2. The van der Waals surface area contributed by atoms with Gasteiger partial charge in [0.1, 0.15) is 0 Å². The summed E-state index contributed by atoms with van der Waals surface area (Å²) >= 11 is 0. The summed E-state index contributed by atoms with van der Waals surface area (Å²) in [5.74, 6) is -0.474. The summed E-state index contributed by atoms with van der Waals surface area (Å²) in [5.41, 5.74) is 5.42. The van der Waals surface area contributed by atoms with Gasteiger partial charge in [0.25, 0.3) is 0 Å². The molecule has 3 nitrogen and oxygen atoms in total. The normalized spacial score (nSPS) is 14.0. The van der Waals surface area contributed by atoms with E-state index in [0.29, 0.717) is 0 Å². The lowest BCUT2D eigenvalue weighted by molar-refractivity contribution is -0.124. The van der Waals surface area contributed by atoms with Gasteiger partial charge < -0.3 is 10.8 Å². The molecule has 0 bridgehead atoms. The predicted molar refractivity (Wildman–Crippen MR) is 113 cm³/mol. The molecule has 3 N–H and O–H groups in total. The summed E-state index contributed by atoms with van der Waals surface area (Å²) in [6.45, 7) is 4.20. The molecule has 1 amide bonds. The van der Waals surface area contributed by atoms with E-state index in [1.54, 1.807) is 0 Å². The second kappa shape index (κ2) is 18.9. The third kappa shape index (κ3) is 15.4. The fourth-order valence-electron chi connectivity index (χ4n) is 3.45. The zero-order chi connectivity index (χ0) is 19.5. The Labute approximate surface area is 162 Å². The lowest BCUT2D eigenvalue weighted by Crippen LogP contribution is -2.30. The first-order valence-electron chi connectivity index (χ1n) is 11.2. The van der Waals surface area contributed by atoms with Gasteiger partial charge in [-0.25, -0.2) is 0 Å². The fourth-order valence-corrected chi connectivity index (χ4v) is 3.45. The third-order valence-corrected chi connectivity index (χ3v) is 5.37. The summed E-state index contributed by atoms with van der Waals surface area (Å²) in [4.78, 5) is 11.4. The molecule has 0 radical (unpaired) electrons. The lowest BCUT2D eigenvalue weighted by atomic mass is 9.89.